The molecule has 0 rings (SSSR count). The molecule has 27 heavy (non-hydrogen) atoms. The molecule has 0 aliphatic carbocycles. The van der Waals surface area contributed by atoms with Crippen molar-refractivity contribution in [1.82, 2.24) is 0 Å². The molecule has 0 nitrogen and oxygen atoms in total. The number of alkyl halides is 15. The van der Waals surface area contributed by atoms with Crippen LogP contribution in [0, 0.1) is 0 Å². The molecule has 0 aromatic carbocycles. The highest BCUT2D eigenvalue weighted by molar-refractivity contribution is 6.34. The molecule has 0 aromatic rings. The van der Waals surface area contributed by atoms with Crippen LogP contribution in [0.15, 0.2) is 11.9 Å². The normalized spacial score (nSPS) is 21.1. The summed E-state index contributed by atoms with van der Waals surface area (Å²) in [5.74, 6) is -26.1. The second-order valence-electron chi connectivity index (χ2n) is 4.52. The Morgan fingerprint density at radius 3 is 1.04 bits per heavy atom. The molecule has 18 heteroatoms. The smallest absolute Gasteiger partial charge is 0.212 e. The summed E-state index contributed by atoms with van der Waals surface area (Å²) in [6.45, 7) is 0. The number of rotatable bonds is 7. The summed E-state index contributed by atoms with van der Waals surface area (Å²) in [5.41, 5.74) is 0. The second-order valence-corrected chi connectivity index (χ2v) is 6.56. The predicted octanol–water partition coefficient (Wildman–Crippen LogP) is 7.52. The summed E-state index contributed by atoms with van der Waals surface area (Å²) < 4.78 is 182. The van der Waals surface area contributed by atoms with Crippen LogP contribution in [0.4, 0.5) is 61.5 Å². The lowest BCUT2D eigenvalue weighted by Crippen LogP contribution is -2.71. The van der Waals surface area contributed by atoms with E-state index in [9.17, 15) is 61.5 Å². The minimum absolute atomic E-state index is 3.73. The van der Waals surface area contributed by atoms with E-state index in [0.29, 0.717) is 0 Å². The molecule has 0 amide bonds. The van der Waals surface area contributed by atoms with Gasteiger partial charge in [0.05, 0.1) is 0 Å². The Bertz CT molecular complexity index is 600. The molecule has 0 aromatic heterocycles. The summed E-state index contributed by atoms with van der Waals surface area (Å²) in [5, 5.41) is -26.6. The fourth-order valence-electron chi connectivity index (χ4n) is 1.22. The Morgan fingerprint density at radius 2 is 0.778 bits per heavy atom. The highest BCUT2D eigenvalue weighted by Crippen LogP contribution is 2.65. The van der Waals surface area contributed by atoms with Gasteiger partial charge in [-0.2, -0.15) is 48.3 Å². The Labute approximate surface area is 158 Å². The van der Waals surface area contributed by atoms with Crippen molar-refractivity contribution in [2.75, 3.05) is 0 Å². The van der Waals surface area contributed by atoms with E-state index < -0.39 is 50.4 Å². The molecule has 0 aliphatic rings. The summed E-state index contributed by atoms with van der Waals surface area (Å²) in [6, 6.07) is 0. The van der Waals surface area contributed by atoms with Gasteiger partial charge in [0.25, 0.3) is 0 Å². The molecule has 0 aliphatic heterocycles. The van der Waals surface area contributed by atoms with E-state index in [-0.39, 0.29) is 0 Å². The molecule has 0 radical (unpaired) electrons. The van der Waals surface area contributed by atoms with Gasteiger partial charge in [-0.15, -0.1) is 0 Å². The van der Waals surface area contributed by atoms with Crippen molar-refractivity contribution in [3.05, 3.63) is 11.9 Å². The Kier molecular flexibility index (Phi) is 6.99. The van der Waals surface area contributed by atoms with Crippen LogP contribution in [0.1, 0.15) is 0 Å². The van der Waals surface area contributed by atoms with E-state index in [1.54, 1.807) is 0 Å². The van der Waals surface area contributed by atoms with Crippen LogP contribution in [0.3, 0.4) is 0 Å². The van der Waals surface area contributed by atoms with E-state index in [2.05, 4.69) is 46.4 Å². The minimum Gasteiger partial charge on any atom is -0.212 e. The molecule has 0 saturated heterocycles. The van der Waals surface area contributed by atoms with Gasteiger partial charge in [0.2, 0.25) is 5.83 Å². The minimum atomic E-state index is -7.47. The largest absolute Gasteiger partial charge is 0.375 e. The number of allylic oxidation sites excluding steroid dienone is 1. The van der Waals surface area contributed by atoms with Crippen LogP contribution >= 0.6 is 46.4 Å². The van der Waals surface area contributed by atoms with E-state index in [4.69, 9.17) is 0 Å². The Morgan fingerprint density at radius 1 is 0.481 bits per heavy atom. The number of hydrogen-bond donors (Lipinski definition) is 0. The first kappa shape index (κ1) is 26.9. The zero-order valence-corrected chi connectivity index (χ0v) is 14.3. The van der Waals surface area contributed by atoms with Crippen molar-refractivity contribution in [2.45, 2.75) is 38.5 Å². The van der Waals surface area contributed by atoms with Gasteiger partial charge in [-0.3, -0.25) is 0 Å². The molecule has 0 spiro atoms. The highest BCUT2D eigenvalue weighted by atomic mass is 35.5. The average Bonchev–Trinajstić information content (AvgIpc) is 2.43. The van der Waals surface area contributed by atoms with Gasteiger partial charge in [-0.1, -0.05) is 34.8 Å². The third-order valence-electron chi connectivity index (χ3n) is 2.77. The monoisotopic (exact) mass is 514 g/mol. The predicted molar refractivity (Wildman–Crippen MR) is 65.1 cm³/mol. The standard InChI is InChI=1S/C9Cl4F14/c10-4(19,3(17,18)1(14)2(15)16)7(22,23)5(11,20)8(24,25)6(12,21)9(13,26)27. The zero-order chi connectivity index (χ0) is 22.7. The average molecular weight is 516 g/mol. The molecule has 162 valence electrons. The molecule has 0 heterocycles. The van der Waals surface area contributed by atoms with Gasteiger partial charge >= 0.3 is 44.6 Å². The van der Waals surface area contributed by atoms with E-state index in [1.807, 2.05) is 0 Å². The first-order valence-electron chi connectivity index (χ1n) is 5.40. The van der Waals surface area contributed by atoms with Crippen molar-refractivity contribution < 1.29 is 61.5 Å². The summed E-state index contributed by atoms with van der Waals surface area (Å²) >= 11 is 15.2. The fraction of sp³-hybridized carbons (Fsp3) is 0.778. The Balaban J connectivity index is 6.70. The van der Waals surface area contributed by atoms with Gasteiger partial charge in [0.1, 0.15) is 0 Å². The van der Waals surface area contributed by atoms with E-state index >= 15 is 0 Å². The van der Waals surface area contributed by atoms with Gasteiger partial charge < -0.3 is 0 Å². The van der Waals surface area contributed by atoms with Gasteiger partial charge in [0, 0.05) is 0 Å². The highest BCUT2D eigenvalue weighted by Gasteiger charge is 2.90. The van der Waals surface area contributed by atoms with Crippen LogP contribution in [-0.2, 0) is 0 Å². The van der Waals surface area contributed by atoms with Crippen molar-refractivity contribution >= 4 is 46.4 Å². The Hall–Kier alpha value is -0.0800. The zero-order valence-electron chi connectivity index (χ0n) is 11.3. The maximum absolute atomic E-state index is 13.7. The quantitative estimate of drug-likeness (QED) is 0.243. The number of hydrogen-bond acceptors (Lipinski definition) is 0. The van der Waals surface area contributed by atoms with Crippen molar-refractivity contribution in [2.24, 2.45) is 0 Å². The van der Waals surface area contributed by atoms with Crippen LogP contribution in [-0.4, -0.2) is 38.5 Å². The molecular weight excluding hydrogens is 516 g/mol. The van der Waals surface area contributed by atoms with Crippen molar-refractivity contribution in [3.63, 3.8) is 0 Å². The molecular formula is C9Cl4F14. The maximum atomic E-state index is 13.7. The van der Waals surface area contributed by atoms with E-state index in [1.165, 1.54) is 0 Å². The lowest BCUT2D eigenvalue weighted by atomic mass is 9.94. The van der Waals surface area contributed by atoms with Gasteiger partial charge in [-0.25, -0.2) is 13.2 Å². The van der Waals surface area contributed by atoms with Crippen LogP contribution in [0.2, 0.25) is 0 Å². The van der Waals surface area contributed by atoms with E-state index in [0.717, 1.165) is 0 Å². The first-order chi connectivity index (χ1) is 11.4. The molecule has 0 bridgehead atoms. The third-order valence-corrected chi connectivity index (χ3v) is 4.55. The van der Waals surface area contributed by atoms with Gasteiger partial charge in [0.15, 0.2) is 0 Å². The lowest BCUT2D eigenvalue weighted by molar-refractivity contribution is -0.304. The topological polar surface area (TPSA) is 0 Å². The molecule has 0 N–H and O–H groups in total. The van der Waals surface area contributed by atoms with Crippen molar-refractivity contribution in [3.8, 4) is 0 Å². The summed E-state index contributed by atoms with van der Waals surface area (Å²) in [6.07, 6.45) is -4.21. The maximum Gasteiger partial charge on any atom is 0.375 e. The fourth-order valence-corrected chi connectivity index (χ4v) is 2.04. The van der Waals surface area contributed by atoms with Crippen LogP contribution < -0.4 is 0 Å². The SMILES string of the molecule is FC(F)=C(F)C(F)(F)C(F)(Cl)C(F)(F)C(F)(Cl)C(F)(F)C(F)(Cl)C(F)(F)Cl. The second kappa shape index (κ2) is 7.01. The van der Waals surface area contributed by atoms with Crippen LogP contribution in [0.25, 0.3) is 0 Å². The summed E-state index contributed by atoms with van der Waals surface area (Å²) in [4.78, 5) is 0. The van der Waals surface area contributed by atoms with Crippen LogP contribution in [0.5, 0.6) is 0 Å². The molecule has 3 unspecified atom stereocenters. The van der Waals surface area contributed by atoms with Gasteiger partial charge in [-0.05, 0) is 11.6 Å². The molecule has 3 atom stereocenters. The molecule has 0 saturated carbocycles. The lowest BCUT2D eigenvalue weighted by Gasteiger charge is -2.43. The van der Waals surface area contributed by atoms with Crippen molar-refractivity contribution in [1.29, 1.82) is 0 Å². The molecule has 0 fully saturated rings. The number of halogens is 18. The summed E-state index contributed by atoms with van der Waals surface area (Å²) in [7, 11) is 0. The first-order valence-corrected chi connectivity index (χ1v) is 6.91. The third kappa shape index (κ3) is 3.63.